The first-order valence-electron chi connectivity index (χ1n) is 13.4. The molecule has 0 saturated heterocycles. The summed E-state index contributed by atoms with van der Waals surface area (Å²) in [5.74, 6) is -2.51. The molecule has 0 bridgehead atoms. The molecule has 0 radical (unpaired) electrons. The maximum absolute atomic E-state index is 14.0. The van der Waals surface area contributed by atoms with Crippen LogP contribution in [0.15, 0.2) is 48.8 Å². The Bertz CT molecular complexity index is 1820. The normalized spacial score (nSPS) is 13.9. The summed E-state index contributed by atoms with van der Waals surface area (Å²) in [6.45, 7) is 7.33. The van der Waals surface area contributed by atoms with Crippen LogP contribution < -0.4 is 10.5 Å². The van der Waals surface area contributed by atoms with Crippen LogP contribution in [0.1, 0.15) is 46.7 Å². The minimum Gasteiger partial charge on any atom is -0.433 e. The van der Waals surface area contributed by atoms with Gasteiger partial charge in [-0.3, -0.25) is 14.7 Å². The molecule has 0 aliphatic carbocycles. The number of benzene rings is 1. The largest absolute Gasteiger partial charge is 0.433 e. The summed E-state index contributed by atoms with van der Waals surface area (Å²) in [5, 5.41) is 14.5. The standard InChI is InChI=1S/C30H29F2N7O3/c1-16-9-26(42-28-19(31)5-4-6-20(28)32)34-13-25(16)39-29(33)18(12-35-39)27(40)24-11-23-22(37-24)10-17-14-38(15-30(2,3)41)8-7-21(17)36-23/h4-6,9-13,37,41H,7-8,14-15,33H2,1-3H3. The molecule has 5 aromatic rings. The number of aryl methyl sites for hydroxylation is 1. The van der Waals surface area contributed by atoms with E-state index in [1.807, 2.05) is 6.07 Å². The minimum absolute atomic E-state index is 0.0151. The van der Waals surface area contributed by atoms with E-state index in [2.05, 4.69) is 20.0 Å². The van der Waals surface area contributed by atoms with Gasteiger partial charge < -0.3 is 20.6 Å². The van der Waals surface area contributed by atoms with Crippen LogP contribution in [0.25, 0.3) is 16.7 Å². The van der Waals surface area contributed by atoms with Crippen molar-refractivity contribution >= 4 is 22.6 Å². The first-order chi connectivity index (χ1) is 20.0. The fourth-order valence-corrected chi connectivity index (χ4v) is 5.23. The molecule has 5 heterocycles. The molecule has 216 valence electrons. The Hall–Kier alpha value is -4.68. The molecule has 0 spiro atoms. The smallest absolute Gasteiger partial charge is 0.219 e. The third-order valence-corrected chi connectivity index (χ3v) is 7.15. The highest BCUT2D eigenvalue weighted by Gasteiger charge is 2.25. The van der Waals surface area contributed by atoms with E-state index in [1.54, 1.807) is 26.8 Å². The second-order valence-electron chi connectivity index (χ2n) is 11.1. The second kappa shape index (κ2) is 10.3. The molecular formula is C30H29F2N7O3. The van der Waals surface area contributed by atoms with Crippen LogP contribution in [0.2, 0.25) is 0 Å². The average molecular weight is 574 g/mol. The number of hydrogen-bond acceptors (Lipinski definition) is 8. The Morgan fingerprint density at radius 2 is 1.95 bits per heavy atom. The number of halogens is 2. The molecule has 0 saturated carbocycles. The topological polar surface area (TPSA) is 135 Å². The van der Waals surface area contributed by atoms with Gasteiger partial charge in [0, 0.05) is 37.8 Å². The number of nitrogens with one attached hydrogen (secondary N) is 1. The van der Waals surface area contributed by atoms with Gasteiger partial charge in [0.05, 0.1) is 46.0 Å². The van der Waals surface area contributed by atoms with E-state index in [0.717, 1.165) is 41.9 Å². The molecule has 12 heteroatoms. The fourth-order valence-electron chi connectivity index (χ4n) is 5.23. The van der Waals surface area contributed by atoms with Crippen molar-refractivity contribution < 1.29 is 23.4 Å². The molecule has 4 N–H and O–H groups in total. The number of hydrogen-bond donors (Lipinski definition) is 3. The molecule has 6 rings (SSSR count). The van der Waals surface area contributed by atoms with Gasteiger partial charge in [-0.2, -0.15) is 5.10 Å². The number of nitrogen functional groups attached to an aromatic ring is 1. The first-order valence-corrected chi connectivity index (χ1v) is 13.4. The number of aromatic nitrogens is 5. The number of aliphatic hydroxyl groups is 1. The van der Waals surface area contributed by atoms with Crippen molar-refractivity contribution in [2.24, 2.45) is 0 Å². The Morgan fingerprint density at radius 1 is 1.19 bits per heavy atom. The summed E-state index contributed by atoms with van der Waals surface area (Å²) in [4.78, 5) is 27.8. The maximum Gasteiger partial charge on any atom is 0.219 e. The SMILES string of the molecule is Cc1cc(Oc2c(F)cccc2F)ncc1-n1ncc(C(=O)c2cc3nc4c(cc3[nH]2)CN(CC(C)(C)O)CC4)c1N. The number of para-hydroxylation sites is 1. The van der Waals surface area contributed by atoms with E-state index in [-0.39, 0.29) is 23.0 Å². The van der Waals surface area contributed by atoms with E-state index < -0.39 is 23.0 Å². The van der Waals surface area contributed by atoms with Crippen LogP contribution in [-0.2, 0) is 13.0 Å². The number of ketones is 1. The fraction of sp³-hybridized carbons (Fsp3) is 0.267. The number of nitrogens with two attached hydrogens (primary N) is 1. The van der Waals surface area contributed by atoms with Gasteiger partial charge >= 0.3 is 0 Å². The number of β-amino-alcohol motifs (C(OH)–C–C–N with tert-alkyl or cyclic N) is 1. The van der Waals surface area contributed by atoms with Gasteiger partial charge in [-0.25, -0.2) is 18.4 Å². The van der Waals surface area contributed by atoms with E-state index in [0.29, 0.717) is 35.6 Å². The number of aromatic amines is 1. The number of pyridine rings is 2. The zero-order chi connectivity index (χ0) is 29.8. The molecule has 4 aromatic heterocycles. The number of H-pyrrole nitrogens is 1. The summed E-state index contributed by atoms with van der Waals surface area (Å²) >= 11 is 0. The molecule has 1 aromatic carbocycles. The summed E-state index contributed by atoms with van der Waals surface area (Å²) in [6.07, 6.45) is 3.54. The first kappa shape index (κ1) is 27.5. The van der Waals surface area contributed by atoms with Gasteiger partial charge in [0.15, 0.2) is 11.6 Å². The molecule has 1 aliphatic heterocycles. The maximum atomic E-state index is 14.0. The zero-order valence-corrected chi connectivity index (χ0v) is 23.3. The number of anilines is 1. The summed E-state index contributed by atoms with van der Waals surface area (Å²) in [5.41, 5.74) is 10.6. The van der Waals surface area contributed by atoms with Crippen LogP contribution >= 0.6 is 0 Å². The highest BCUT2D eigenvalue weighted by atomic mass is 19.1. The van der Waals surface area contributed by atoms with Crippen molar-refractivity contribution in [3.8, 4) is 17.3 Å². The number of nitrogens with zero attached hydrogens (tertiary/aromatic N) is 5. The van der Waals surface area contributed by atoms with E-state index in [9.17, 15) is 18.7 Å². The lowest BCUT2D eigenvalue weighted by Gasteiger charge is -2.32. The third-order valence-electron chi connectivity index (χ3n) is 7.15. The molecule has 0 amide bonds. The average Bonchev–Trinajstić information content (AvgIpc) is 3.51. The number of rotatable bonds is 7. The van der Waals surface area contributed by atoms with E-state index >= 15 is 0 Å². The number of carbonyl (C=O) groups excluding carboxylic acids is 1. The lowest BCUT2D eigenvalue weighted by atomic mass is 10.0. The highest BCUT2D eigenvalue weighted by molar-refractivity contribution is 6.12. The molecule has 0 atom stereocenters. The van der Waals surface area contributed by atoms with E-state index in [1.165, 1.54) is 29.2 Å². The van der Waals surface area contributed by atoms with Gasteiger partial charge in [-0.15, -0.1) is 0 Å². The molecule has 10 nitrogen and oxygen atoms in total. The van der Waals surface area contributed by atoms with Crippen LogP contribution in [0, 0.1) is 18.6 Å². The predicted molar refractivity (Wildman–Crippen MR) is 152 cm³/mol. The van der Waals surface area contributed by atoms with Crippen LogP contribution in [-0.4, -0.2) is 59.2 Å². The molecular weight excluding hydrogens is 544 g/mol. The summed E-state index contributed by atoms with van der Waals surface area (Å²) in [7, 11) is 0. The summed E-state index contributed by atoms with van der Waals surface area (Å²) < 4.78 is 34.7. The van der Waals surface area contributed by atoms with Crippen LogP contribution in [0.3, 0.4) is 0 Å². The molecule has 42 heavy (non-hydrogen) atoms. The van der Waals surface area contributed by atoms with Crippen molar-refractivity contribution in [1.82, 2.24) is 29.6 Å². The number of carbonyl (C=O) groups is 1. The van der Waals surface area contributed by atoms with Gasteiger partial charge in [0.1, 0.15) is 5.82 Å². The quantitative estimate of drug-likeness (QED) is 0.243. The van der Waals surface area contributed by atoms with Crippen molar-refractivity contribution in [3.05, 3.63) is 88.5 Å². The lowest BCUT2D eigenvalue weighted by molar-refractivity contribution is 0.0315. The highest BCUT2D eigenvalue weighted by Crippen LogP contribution is 2.30. The van der Waals surface area contributed by atoms with Gasteiger partial charge in [-0.1, -0.05) is 6.07 Å². The van der Waals surface area contributed by atoms with Crippen molar-refractivity contribution in [2.45, 2.75) is 39.3 Å². The molecule has 0 unspecified atom stereocenters. The van der Waals surface area contributed by atoms with Gasteiger partial charge in [0.2, 0.25) is 17.4 Å². The minimum atomic E-state index is -0.849. The monoisotopic (exact) mass is 573 g/mol. The molecule has 0 fully saturated rings. The Labute approximate surface area is 239 Å². The Balaban J connectivity index is 1.24. The lowest BCUT2D eigenvalue weighted by Crippen LogP contribution is -2.41. The predicted octanol–water partition coefficient (Wildman–Crippen LogP) is 4.46. The van der Waals surface area contributed by atoms with Crippen molar-refractivity contribution in [1.29, 1.82) is 0 Å². The number of fused-ring (bicyclic) bond motifs is 2. The van der Waals surface area contributed by atoms with Crippen molar-refractivity contribution in [2.75, 3.05) is 18.8 Å². The van der Waals surface area contributed by atoms with Crippen molar-refractivity contribution in [3.63, 3.8) is 0 Å². The zero-order valence-electron chi connectivity index (χ0n) is 23.3. The Morgan fingerprint density at radius 3 is 2.67 bits per heavy atom. The van der Waals surface area contributed by atoms with Gasteiger partial charge in [-0.05, 0) is 56.2 Å². The second-order valence-corrected chi connectivity index (χ2v) is 11.1. The Kier molecular flexibility index (Phi) is 6.74. The number of ether oxygens (including phenoxy) is 1. The van der Waals surface area contributed by atoms with Crippen LogP contribution in [0.4, 0.5) is 14.6 Å². The van der Waals surface area contributed by atoms with Crippen LogP contribution in [0.5, 0.6) is 11.6 Å². The van der Waals surface area contributed by atoms with Gasteiger partial charge in [0.25, 0.3) is 0 Å². The third kappa shape index (κ3) is 5.21. The van der Waals surface area contributed by atoms with E-state index in [4.69, 9.17) is 15.5 Å². The molecule has 1 aliphatic rings. The summed E-state index contributed by atoms with van der Waals surface area (Å²) in [6, 6.07) is 8.63.